The third-order valence-electron chi connectivity index (χ3n) is 4.49. The molecule has 0 spiro atoms. The maximum Gasteiger partial charge on any atom is 0.0925 e. The number of aliphatic hydroxyl groups is 2. The highest BCUT2D eigenvalue weighted by atomic mass is 16.3. The molecule has 1 aliphatic heterocycles. The van der Waals surface area contributed by atoms with Crippen LogP contribution < -0.4 is 4.90 Å². The first kappa shape index (κ1) is 17.3. The van der Waals surface area contributed by atoms with Crippen LogP contribution in [0, 0.1) is 0 Å². The van der Waals surface area contributed by atoms with Crippen LogP contribution in [0.4, 0.5) is 5.69 Å². The monoisotopic (exact) mass is 306 g/mol. The summed E-state index contributed by atoms with van der Waals surface area (Å²) < 4.78 is 0. The number of hydrogen-bond donors (Lipinski definition) is 2. The Balaban J connectivity index is 1.70. The topological polar surface area (TPSA) is 46.9 Å². The normalized spacial score (nSPS) is 19.1. The molecule has 124 valence electrons. The van der Waals surface area contributed by atoms with E-state index in [0.717, 1.165) is 45.4 Å². The molecule has 1 fully saturated rings. The first-order valence-electron chi connectivity index (χ1n) is 8.59. The van der Waals surface area contributed by atoms with Gasteiger partial charge in [-0.05, 0) is 18.6 Å². The molecule has 0 aliphatic carbocycles. The SMILES string of the molecule is CCCCCC(O)C(O)CN1CCN(c2ccccc2)CC1. The van der Waals surface area contributed by atoms with Gasteiger partial charge in [-0.15, -0.1) is 0 Å². The number of para-hydroxylation sites is 1. The van der Waals surface area contributed by atoms with Gasteiger partial charge in [-0.1, -0.05) is 44.4 Å². The Bertz CT molecular complexity index is 405. The number of β-amino-alcohol motifs (C(OH)–C–C–N with tert-alkyl or cyclic N) is 1. The summed E-state index contributed by atoms with van der Waals surface area (Å²) in [5.41, 5.74) is 1.27. The Morgan fingerprint density at radius 1 is 0.955 bits per heavy atom. The molecule has 0 bridgehead atoms. The minimum absolute atomic E-state index is 0.579. The van der Waals surface area contributed by atoms with Crippen LogP contribution in [0.15, 0.2) is 30.3 Å². The van der Waals surface area contributed by atoms with Gasteiger partial charge < -0.3 is 15.1 Å². The zero-order valence-electron chi connectivity index (χ0n) is 13.7. The predicted molar refractivity (Wildman–Crippen MR) is 91.3 cm³/mol. The van der Waals surface area contributed by atoms with Crippen molar-refractivity contribution in [1.82, 2.24) is 4.90 Å². The average molecular weight is 306 g/mol. The molecular weight excluding hydrogens is 276 g/mol. The van der Waals surface area contributed by atoms with Crippen LogP contribution in [0.3, 0.4) is 0 Å². The van der Waals surface area contributed by atoms with E-state index in [1.807, 2.05) is 6.07 Å². The van der Waals surface area contributed by atoms with Crippen molar-refractivity contribution in [3.8, 4) is 0 Å². The third-order valence-corrected chi connectivity index (χ3v) is 4.49. The molecular formula is C18H30N2O2. The molecule has 0 aromatic heterocycles. The van der Waals surface area contributed by atoms with E-state index in [2.05, 4.69) is 41.0 Å². The molecule has 1 saturated heterocycles. The zero-order chi connectivity index (χ0) is 15.8. The van der Waals surface area contributed by atoms with E-state index in [1.54, 1.807) is 0 Å². The number of anilines is 1. The molecule has 0 radical (unpaired) electrons. The lowest BCUT2D eigenvalue weighted by atomic mass is 10.1. The highest BCUT2D eigenvalue weighted by molar-refractivity contribution is 5.46. The summed E-state index contributed by atoms with van der Waals surface area (Å²) in [7, 11) is 0. The second-order valence-electron chi connectivity index (χ2n) is 6.25. The van der Waals surface area contributed by atoms with E-state index < -0.39 is 12.2 Å². The molecule has 0 saturated carbocycles. The van der Waals surface area contributed by atoms with Crippen molar-refractivity contribution < 1.29 is 10.2 Å². The number of unbranched alkanes of at least 4 members (excludes halogenated alkanes) is 2. The van der Waals surface area contributed by atoms with Crippen LogP contribution in [0.25, 0.3) is 0 Å². The fourth-order valence-corrected chi connectivity index (χ4v) is 3.01. The molecule has 1 aromatic carbocycles. The van der Waals surface area contributed by atoms with Gasteiger partial charge in [-0.3, -0.25) is 4.90 Å². The number of aliphatic hydroxyl groups excluding tert-OH is 2. The van der Waals surface area contributed by atoms with Crippen LogP contribution >= 0.6 is 0 Å². The second-order valence-corrected chi connectivity index (χ2v) is 6.25. The Hall–Kier alpha value is -1.10. The quantitative estimate of drug-likeness (QED) is 0.722. The van der Waals surface area contributed by atoms with Crippen molar-refractivity contribution in [2.75, 3.05) is 37.6 Å². The van der Waals surface area contributed by atoms with Gasteiger partial charge >= 0.3 is 0 Å². The summed E-state index contributed by atoms with van der Waals surface area (Å²) in [6.07, 6.45) is 2.76. The van der Waals surface area contributed by atoms with E-state index in [1.165, 1.54) is 5.69 Å². The molecule has 22 heavy (non-hydrogen) atoms. The van der Waals surface area contributed by atoms with E-state index in [9.17, 15) is 10.2 Å². The fourth-order valence-electron chi connectivity index (χ4n) is 3.01. The highest BCUT2D eigenvalue weighted by Gasteiger charge is 2.22. The van der Waals surface area contributed by atoms with E-state index in [-0.39, 0.29) is 0 Å². The Morgan fingerprint density at radius 2 is 1.64 bits per heavy atom. The number of nitrogens with zero attached hydrogens (tertiary/aromatic N) is 2. The van der Waals surface area contributed by atoms with Crippen LogP contribution in [0.1, 0.15) is 32.6 Å². The number of rotatable bonds is 8. The predicted octanol–water partition coefficient (Wildman–Crippen LogP) is 2.11. The Morgan fingerprint density at radius 3 is 2.27 bits per heavy atom. The number of benzene rings is 1. The fraction of sp³-hybridized carbons (Fsp3) is 0.667. The minimum atomic E-state index is -0.625. The average Bonchev–Trinajstić information content (AvgIpc) is 2.56. The summed E-state index contributed by atoms with van der Waals surface area (Å²) in [5.74, 6) is 0. The smallest absolute Gasteiger partial charge is 0.0925 e. The highest BCUT2D eigenvalue weighted by Crippen LogP contribution is 2.16. The van der Waals surface area contributed by atoms with Gasteiger partial charge in [0.15, 0.2) is 0 Å². The Labute approximate surface area is 134 Å². The van der Waals surface area contributed by atoms with Crippen molar-refractivity contribution in [3.05, 3.63) is 30.3 Å². The van der Waals surface area contributed by atoms with Gasteiger partial charge in [0.2, 0.25) is 0 Å². The van der Waals surface area contributed by atoms with E-state index in [4.69, 9.17) is 0 Å². The van der Waals surface area contributed by atoms with Gasteiger partial charge in [-0.25, -0.2) is 0 Å². The lowest BCUT2D eigenvalue weighted by Crippen LogP contribution is -2.50. The molecule has 4 heteroatoms. The lowest BCUT2D eigenvalue weighted by molar-refractivity contribution is -0.00817. The first-order chi connectivity index (χ1) is 10.7. The maximum absolute atomic E-state index is 10.1. The lowest BCUT2D eigenvalue weighted by Gasteiger charge is -2.37. The minimum Gasteiger partial charge on any atom is -0.390 e. The van der Waals surface area contributed by atoms with Crippen LogP contribution in [0.5, 0.6) is 0 Å². The second kappa shape index (κ2) is 9.13. The third kappa shape index (κ3) is 5.27. The van der Waals surface area contributed by atoms with E-state index >= 15 is 0 Å². The standard InChI is InChI=1S/C18H30N2O2/c1-2-3-5-10-17(21)18(22)15-19-11-13-20(14-12-19)16-8-6-4-7-9-16/h4,6-9,17-18,21-22H,2-3,5,10-15H2,1H3. The van der Waals surface area contributed by atoms with Crippen LogP contribution in [0.2, 0.25) is 0 Å². The largest absolute Gasteiger partial charge is 0.390 e. The molecule has 2 atom stereocenters. The molecule has 4 nitrogen and oxygen atoms in total. The van der Waals surface area contributed by atoms with Gasteiger partial charge in [0.1, 0.15) is 0 Å². The molecule has 2 unspecified atom stereocenters. The molecule has 1 aromatic rings. The van der Waals surface area contributed by atoms with Gasteiger partial charge in [-0.2, -0.15) is 0 Å². The van der Waals surface area contributed by atoms with Crippen LogP contribution in [-0.2, 0) is 0 Å². The van der Waals surface area contributed by atoms with E-state index in [0.29, 0.717) is 13.0 Å². The number of piperazine rings is 1. The van der Waals surface area contributed by atoms with Crippen molar-refractivity contribution in [3.63, 3.8) is 0 Å². The summed E-state index contributed by atoms with van der Waals surface area (Å²) in [4.78, 5) is 4.63. The summed E-state index contributed by atoms with van der Waals surface area (Å²) >= 11 is 0. The summed E-state index contributed by atoms with van der Waals surface area (Å²) in [6.45, 7) is 6.55. The van der Waals surface area contributed by atoms with Crippen molar-refractivity contribution in [2.24, 2.45) is 0 Å². The van der Waals surface area contributed by atoms with Crippen molar-refractivity contribution >= 4 is 5.69 Å². The van der Waals surface area contributed by atoms with Gasteiger partial charge in [0.05, 0.1) is 12.2 Å². The maximum atomic E-state index is 10.1. The van der Waals surface area contributed by atoms with Crippen molar-refractivity contribution in [2.45, 2.75) is 44.8 Å². The zero-order valence-corrected chi connectivity index (χ0v) is 13.7. The summed E-state index contributed by atoms with van der Waals surface area (Å²) in [6, 6.07) is 10.5. The van der Waals surface area contributed by atoms with Crippen LogP contribution in [-0.4, -0.2) is 60.0 Å². The molecule has 2 rings (SSSR count). The van der Waals surface area contributed by atoms with Crippen molar-refractivity contribution in [1.29, 1.82) is 0 Å². The van der Waals surface area contributed by atoms with Gasteiger partial charge in [0, 0.05) is 38.4 Å². The van der Waals surface area contributed by atoms with Gasteiger partial charge in [0.25, 0.3) is 0 Å². The molecule has 1 aliphatic rings. The summed E-state index contributed by atoms with van der Waals surface area (Å²) in [5, 5.41) is 20.2. The molecule has 0 amide bonds. The molecule has 1 heterocycles. The first-order valence-corrected chi connectivity index (χ1v) is 8.59. The Kier molecular flexibility index (Phi) is 7.16. The number of hydrogen-bond acceptors (Lipinski definition) is 4. The molecule has 2 N–H and O–H groups in total.